The van der Waals surface area contributed by atoms with Crippen LogP contribution in [0.5, 0.6) is 5.75 Å². The molecule has 3 heteroatoms. The summed E-state index contributed by atoms with van der Waals surface area (Å²) in [7, 11) is 1.98. The quantitative estimate of drug-likeness (QED) is 0.877. The minimum Gasteiger partial charge on any atom is -0.491 e. The third-order valence-electron chi connectivity index (χ3n) is 3.51. The van der Waals surface area contributed by atoms with Gasteiger partial charge in [0, 0.05) is 18.0 Å². The summed E-state index contributed by atoms with van der Waals surface area (Å²) in [4.78, 5) is 4.24. The van der Waals surface area contributed by atoms with E-state index >= 15 is 0 Å². The first-order chi connectivity index (χ1) is 10.2. The van der Waals surface area contributed by atoms with Crippen molar-refractivity contribution < 1.29 is 4.74 Å². The van der Waals surface area contributed by atoms with Crippen LogP contribution in [0.15, 0.2) is 42.7 Å². The Bertz CT molecular complexity index is 581. The van der Waals surface area contributed by atoms with Crippen LogP contribution in [-0.4, -0.2) is 18.1 Å². The molecule has 0 aliphatic rings. The molecule has 0 amide bonds. The van der Waals surface area contributed by atoms with Crippen LogP contribution in [0, 0.1) is 0 Å². The molecule has 1 aromatic heterocycles. The molecule has 0 aliphatic heterocycles. The predicted octanol–water partition coefficient (Wildman–Crippen LogP) is 3.74. The smallest absolute Gasteiger partial charge is 0.124 e. The molecule has 1 atom stereocenters. The van der Waals surface area contributed by atoms with Gasteiger partial charge in [-0.2, -0.15) is 0 Å². The number of para-hydroxylation sites is 1. The van der Waals surface area contributed by atoms with Gasteiger partial charge in [0.1, 0.15) is 5.75 Å². The van der Waals surface area contributed by atoms with E-state index in [2.05, 4.69) is 49.3 Å². The molecular formula is C18H24N2O. The zero-order valence-electron chi connectivity index (χ0n) is 13.3. The average molecular weight is 284 g/mol. The third kappa shape index (κ3) is 3.61. The van der Waals surface area contributed by atoms with Crippen molar-refractivity contribution >= 4 is 0 Å². The van der Waals surface area contributed by atoms with Gasteiger partial charge >= 0.3 is 0 Å². The number of hydrogen-bond donors (Lipinski definition) is 1. The number of nitrogens with one attached hydrogen (secondary N) is 1. The summed E-state index contributed by atoms with van der Waals surface area (Å²) in [5, 5.41) is 3.42. The number of aryl methyl sites for hydroxylation is 1. The Kier molecular flexibility index (Phi) is 5.34. The molecule has 0 radical (unpaired) electrons. The van der Waals surface area contributed by atoms with Crippen LogP contribution in [0.4, 0.5) is 0 Å². The molecule has 1 N–H and O–H groups in total. The Morgan fingerprint density at radius 3 is 2.57 bits per heavy atom. The maximum absolute atomic E-state index is 5.97. The summed E-state index contributed by atoms with van der Waals surface area (Å²) in [6.07, 6.45) is 4.93. The summed E-state index contributed by atoms with van der Waals surface area (Å²) >= 11 is 0. The fourth-order valence-corrected chi connectivity index (χ4v) is 2.57. The van der Waals surface area contributed by atoms with Gasteiger partial charge in [-0.25, -0.2) is 0 Å². The molecule has 1 heterocycles. The second-order valence-corrected chi connectivity index (χ2v) is 5.35. The van der Waals surface area contributed by atoms with Gasteiger partial charge in [-0.1, -0.05) is 25.1 Å². The highest BCUT2D eigenvalue weighted by molar-refractivity contribution is 5.43. The number of nitrogens with zero attached hydrogens (tertiary/aromatic N) is 1. The van der Waals surface area contributed by atoms with Crippen LogP contribution >= 0.6 is 0 Å². The fraction of sp³-hybridized carbons (Fsp3) is 0.389. The molecule has 3 nitrogen and oxygen atoms in total. The molecule has 0 saturated carbocycles. The van der Waals surface area contributed by atoms with E-state index in [0.29, 0.717) is 0 Å². The lowest BCUT2D eigenvalue weighted by Crippen LogP contribution is -2.21. The van der Waals surface area contributed by atoms with Crippen LogP contribution in [0.25, 0.3) is 0 Å². The summed E-state index contributed by atoms with van der Waals surface area (Å²) in [5.74, 6) is 0.936. The third-order valence-corrected chi connectivity index (χ3v) is 3.51. The minimum absolute atomic E-state index is 0.109. The lowest BCUT2D eigenvalue weighted by molar-refractivity contribution is 0.238. The highest BCUT2D eigenvalue weighted by atomic mass is 16.5. The first-order valence-corrected chi connectivity index (χ1v) is 7.53. The molecule has 112 valence electrons. The van der Waals surface area contributed by atoms with E-state index in [-0.39, 0.29) is 12.1 Å². The number of benzene rings is 1. The van der Waals surface area contributed by atoms with E-state index in [1.807, 2.05) is 31.6 Å². The Morgan fingerprint density at radius 1 is 1.14 bits per heavy atom. The molecular weight excluding hydrogens is 260 g/mol. The predicted molar refractivity (Wildman–Crippen MR) is 86.7 cm³/mol. The van der Waals surface area contributed by atoms with Gasteiger partial charge in [-0.15, -0.1) is 0 Å². The Hall–Kier alpha value is -1.87. The summed E-state index contributed by atoms with van der Waals surface area (Å²) in [6, 6.07) is 10.4. The maximum Gasteiger partial charge on any atom is 0.124 e. The number of rotatable bonds is 6. The van der Waals surface area contributed by atoms with Crippen molar-refractivity contribution in [2.75, 3.05) is 7.05 Å². The second-order valence-electron chi connectivity index (χ2n) is 5.35. The largest absolute Gasteiger partial charge is 0.491 e. The summed E-state index contributed by atoms with van der Waals surface area (Å²) in [5.41, 5.74) is 3.68. The Labute approximate surface area is 127 Å². The SMILES string of the molecule is CCc1cnccc1C(NC)c1ccccc1OC(C)C. The van der Waals surface area contributed by atoms with Gasteiger partial charge in [0.15, 0.2) is 0 Å². The molecule has 0 saturated heterocycles. The van der Waals surface area contributed by atoms with Crippen LogP contribution in [0.2, 0.25) is 0 Å². The number of ether oxygens (including phenoxy) is 1. The number of hydrogen-bond acceptors (Lipinski definition) is 3. The van der Waals surface area contributed by atoms with E-state index in [1.165, 1.54) is 11.1 Å². The minimum atomic E-state index is 0.109. The zero-order chi connectivity index (χ0) is 15.2. The van der Waals surface area contributed by atoms with Gasteiger partial charge in [0.05, 0.1) is 12.1 Å². The van der Waals surface area contributed by atoms with Crippen molar-refractivity contribution in [2.24, 2.45) is 0 Å². The number of aromatic nitrogens is 1. The monoisotopic (exact) mass is 284 g/mol. The second kappa shape index (κ2) is 7.23. The zero-order valence-corrected chi connectivity index (χ0v) is 13.3. The normalized spacial score (nSPS) is 12.4. The first-order valence-electron chi connectivity index (χ1n) is 7.53. The molecule has 2 aromatic rings. The van der Waals surface area contributed by atoms with Crippen LogP contribution in [-0.2, 0) is 6.42 Å². The number of pyridine rings is 1. The molecule has 1 aromatic carbocycles. The fourth-order valence-electron chi connectivity index (χ4n) is 2.57. The van der Waals surface area contributed by atoms with Gasteiger partial charge < -0.3 is 10.1 Å². The molecule has 0 fully saturated rings. The van der Waals surface area contributed by atoms with E-state index in [1.54, 1.807) is 0 Å². The standard InChI is InChI=1S/C18H24N2O/c1-5-14-12-20-11-10-15(14)18(19-4)16-8-6-7-9-17(16)21-13(2)3/h6-13,18-19H,5H2,1-4H3. The summed E-state index contributed by atoms with van der Waals surface area (Å²) in [6.45, 7) is 6.26. The topological polar surface area (TPSA) is 34.2 Å². The Balaban J connectivity index is 2.46. The van der Waals surface area contributed by atoms with Gasteiger partial charge in [-0.05, 0) is 50.6 Å². The molecule has 0 bridgehead atoms. The lowest BCUT2D eigenvalue weighted by atomic mass is 9.94. The van der Waals surface area contributed by atoms with E-state index < -0.39 is 0 Å². The molecule has 21 heavy (non-hydrogen) atoms. The molecule has 2 rings (SSSR count). The van der Waals surface area contributed by atoms with Crippen LogP contribution in [0.3, 0.4) is 0 Å². The van der Waals surface area contributed by atoms with Crippen molar-refractivity contribution in [3.05, 3.63) is 59.4 Å². The molecule has 1 unspecified atom stereocenters. The van der Waals surface area contributed by atoms with Crippen LogP contribution in [0.1, 0.15) is 43.5 Å². The Morgan fingerprint density at radius 2 is 1.90 bits per heavy atom. The first kappa shape index (κ1) is 15.5. The maximum atomic E-state index is 5.97. The molecule has 0 aliphatic carbocycles. The van der Waals surface area contributed by atoms with Crippen molar-refractivity contribution in [2.45, 2.75) is 39.3 Å². The van der Waals surface area contributed by atoms with Crippen LogP contribution < -0.4 is 10.1 Å². The van der Waals surface area contributed by atoms with E-state index in [9.17, 15) is 0 Å². The van der Waals surface area contributed by atoms with Gasteiger partial charge in [0.2, 0.25) is 0 Å². The molecule has 0 spiro atoms. The average Bonchev–Trinajstić information content (AvgIpc) is 2.49. The van der Waals surface area contributed by atoms with Gasteiger partial charge in [0.25, 0.3) is 0 Å². The summed E-state index contributed by atoms with van der Waals surface area (Å²) < 4.78 is 5.97. The lowest BCUT2D eigenvalue weighted by Gasteiger charge is -2.23. The van der Waals surface area contributed by atoms with Crippen molar-refractivity contribution in [3.63, 3.8) is 0 Å². The van der Waals surface area contributed by atoms with Crippen molar-refractivity contribution in [1.82, 2.24) is 10.3 Å². The van der Waals surface area contributed by atoms with Gasteiger partial charge in [-0.3, -0.25) is 4.98 Å². The van der Waals surface area contributed by atoms with Crippen molar-refractivity contribution in [1.29, 1.82) is 0 Å². The van der Waals surface area contributed by atoms with E-state index in [0.717, 1.165) is 17.7 Å². The van der Waals surface area contributed by atoms with E-state index in [4.69, 9.17) is 4.74 Å². The highest BCUT2D eigenvalue weighted by Crippen LogP contribution is 2.31. The van der Waals surface area contributed by atoms with Crippen molar-refractivity contribution in [3.8, 4) is 5.75 Å². The highest BCUT2D eigenvalue weighted by Gasteiger charge is 2.19.